The molecule has 3 heteroatoms. The molecule has 1 rings (SSSR count). The number of hydrogen-bond donors (Lipinski definition) is 1. The molecule has 0 aliphatic rings. The minimum Gasteiger partial charge on any atom is -0.300 e. The van der Waals surface area contributed by atoms with E-state index in [1.807, 2.05) is 23.9 Å². The van der Waals surface area contributed by atoms with Gasteiger partial charge in [-0.2, -0.15) is 5.10 Å². The van der Waals surface area contributed by atoms with E-state index in [1.165, 1.54) is 0 Å². The molecular weight excluding hydrogens is 174 g/mol. The summed E-state index contributed by atoms with van der Waals surface area (Å²) in [5, 5.41) is 7.62. The molecule has 0 saturated heterocycles. The fourth-order valence-corrected chi connectivity index (χ4v) is 1.10. The lowest BCUT2D eigenvalue weighted by Crippen LogP contribution is -2.14. The summed E-state index contributed by atoms with van der Waals surface area (Å²) in [4.78, 5) is 0. The molecule has 0 aromatic carbocycles. The zero-order chi connectivity index (χ0) is 10.4. The Labute approximate surface area is 85.5 Å². The van der Waals surface area contributed by atoms with Gasteiger partial charge in [0.05, 0.1) is 12.2 Å². The molecular formula is C11H17N3. The van der Waals surface area contributed by atoms with Crippen LogP contribution in [0.3, 0.4) is 0 Å². The molecule has 1 heterocycles. The van der Waals surface area contributed by atoms with Crippen molar-refractivity contribution in [3.63, 3.8) is 0 Å². The summed E-state index contributed by atoms with van der Waals surface area (Å²) in [6.07, 6.45) is 2.01. The van der Waals surface area contributed by atoms with Gasteiger partial charge in [0, 0.05) is 18.8 Å². The number of hydrogen-bond acceptors (Lipinski definition) is 2. The van der Waals surface area contributed by atoms with Crippen LogP contribution in [0, 0.1) is 11.8 Å². The molecule has 0 radical (unpaired) electrons. The van der Waals surface area contributed by atoms with Gasteiger partial charge < -0.3 is 5.32 Å². The Morgan fingerprint density at radius 3 is 2.93 bits per heavy atom. The monoisotopic (exact) mass is 191 g/mol. The summed E-state index contributed by atoms with van der Waals surface area (Å²) in [7, 11) is 0. The molecule has 0 fully saturated rings. The Hall–Kier alpha value is -1.27. The van der Waals surface area contributed by atoms with Crippen LogP contribution in [0.2, 0.25) is 0 Å². The highest BCUT2D eigenvalue weighted by atomic mass is 15.3. The standard InChI is InChI=1S/C11H17N3/c1-4-5-7-12-9-11-6-8-14(13-11)10(2)3/h6,8,10,12H,7,9H2,1-3H3. The molecule has 0 spiro atoms. The third-order valence-corrected chi connectivity index (χ3v) is 1.89. The first kappa shape index (κ1) is 10.8. The van der Waals surface area contributed by atoms with Gasteiger partial charge in [-0.15, -0.1) is 5.92 Å². The lowest BCUT2D eigenvalue weighted by Gasteiger charge is -2.03. The molecule has 0 aliphatic heterocycles. The molecule has 1 aromatic rings. The van der Waals surface area contributed by atoms with Crippen LogP contribution < -0.4 is 5.32 Å². The van der Waals surface area contributed by atoms with Crippen molar-refractivity contribution in [1.29, 1.82) is 0 Å². The maximum atomic E-state index is 4.41. The van der Waals surface area contributed by atoms with Gasteiger partial charge in [0.25, 0.3) is 0 Å². The SMILES string of the molecule is CC#CCNCc1ccn(C(C)C)n1. The fraction of sp³-hybridized carbons (Fsp3) is 0.545. The fourth-order valence-electron chi connectivity index (χ4n) is 1.10. The van der Waals surface area contributed by atoms with E-state index < -0.39 is 0 Å². The van der Waals surface area contributed by atoms with E-state index in [0.29, 0.717) is 6.04 Å². The summed E-state index contributed by atoms with van der Waals surface area (Å²) < 4.78 is 1.96. The highest BCUT2D eigenvalue weighted by Gasteiger charge is 2.00. The van der Waals surface area contributed by atoms with Crippen LogP contribution in [-0.4, -0.2) is 16.3 Å². The molecule has 0 atom stereocenters. The lowest BCUT2D eigenvalue weighted by molar-refractivity contribution is 0.523. The molecule has 14 heavy (non-hydrogen) atoms. The van der Waals surface area contributed by atoms with E-state index in [2.05, 4.69) is 36.1 Å². The van der Waals surface area contributed by atoms with Gasteiger partial charge in [-0.3, -0.25) is 4.68 Å². The molecule has 3 nitrogen and oxygen atoms in total. The average molecular weight is 191 g/mol. The Bertz CT molecular complexity index is 328. The van der Waals surface area contributed by atoms with Crippen molar-refractivity contribution < 1.29 is 0 Å². The summed E-state index contributed by atoms with van der Waals surface area (Å²) >= 11 is 0. The second-order valence-corrected chi connectivity index (χ2v) is 3.41. The molecule has 0 aliphatic carbocycles. The normalized spacial score (nSPS) is 10.0. The quantitative estimate of drug-likeness (QED) is 0.578. The summed E-state index contributed by atoms with van der Waals surface area (Å²) in [5.74, 6) is 5.79. The predicted octanol–water partition coefficient (Wildman–Crippen LogP) is 1.58. The van der Waals surface area contributed by atoms with Gasteiger partial charge >= 0.3 is 0 Å². The lowest BCUT2D eigenvalue weighted by atomic mass is 10.4. The Morgan fingerprint density at radius 2 is 2.36 bits per heavy atom. The van der Waals surface area contributed by atoms with Crippen molar-refractivity contribution in [2.75, 3.05) is 6.54 Å². The topological polar surface area (TPSA) is 29.9 Å². The van der Waals surface area contributed by atoms with E-state index in [1.54, 1.807) is 0 Å². The predicted molar refractivity (Wildman–Crippen MR) is 57.8 cm³/mol. The minimum absolute atomic E-state index is 0.430. The first-order valence-corrected chi connectivity index (χ1v) is 4.88. The Kier molecular flexibility index (Phi) is 4.21. The second kappa shape index (κ2) is 5.46. The van der Waals surface area contributed by atoms with Crippen LogP contribution in [0.4, 0.5) is 0 Å². The summed E-state index contributed by atoms with van der Waals surface area (Å²) in [5.41, 5.74) is 1.07. The van der Waals surface area contributed by atoms with Gasteiger partial charge in [0.2, 0.25) is 0 Å². The smallest absolute Gasteiger partial charge is 0.0762 e. The highest BCUT2D eigenvalue weighted by Crippen LogP contribution is 2.03. The van der Waals surface area contributed by atoms with E-state index in [4.69, 9.17) is 0 Å². The van der Waals surface area contributed by atoms with Crippen molar-refractivity contribution >= 4 is 0 Å². The molecule has 1 aromatic heterocycles. The summed E-state index contributed by atoms with van der Waals surface area (Å²) in [6.45, 7) is 7.59. The molecule has 0 amide bonds. The van der Waals surface area contributed by atoms with Gasteiger partial charge in [-0.1, -0.05) is 5.92 Å². The van der Waals surface area contributed by atoms with E-state index in [-0.39, 0.29) is 0 Å². The zero-order valence-corrected chi connectivity index (χ0v) is 9.04. The first-order valence-electron chi connectivity index (χ1n) is 4.88. The molecule has 0 unspecified atom stereocenters. The maximum Gasteiger partial charge on any atom is 0.0762 e. The third kappa shape index (κ3) is 3.23. The number of nitrogens with one attached hydrogen (secondary N) is 1. The molecule has 1 N–H and O–H groups in total. The third-order valence-electron chi connectivity index (χ3n) is 1.89. The molecule has 76 valence electrons. The van der Waals surface area contributed by atoms with Crippen molar-refractivity contribution in [3.05, 3.63) is 18.0 Å². The number of nitrogens with zero attached hydrogens (tertiary/aromatic N) is 2. The number of rotatable bonds is 4. The van der Waals surface area contributed by atoms with Gasteiger partial charge in [0.1, 0.15) is 0 Å². The van der Waals surface area contributed by atoms with Crippen molar-refractivity contribution in [3.8, 4) is 11.8 Å². The van der Waals surface area contributed by atoms with E-state index >= 15 is 0 Å². The Balaban J connectivity index is 2.38. The maximum absolute atomic E-state index is 4.41. The van der Waals surface area contributed by atoms with Crippen LogP contribution >= 0.6 is 0 Å². The van der Waals surface area contributed by atoms with Crippen molar-refractivity contribution in [1.82, 2.24) is 15.1 Å². The second-order valence-electron chi connectivity index (χ2n) is 3.41. The minimum atomic E-state index is 0.430. The van der Waals surface area contributed by atoms with Crippen molar-refractivity contribution in [2.45, 2.75) is 33.4 Å². The first-order chi connectivity index (χ1) is 6.74. The van der Waals surface area contributed by atoms with Crippen LogP contribution in [0.1, 0.15) is 32.5 Å². The zero-order valence-electron chi connectivity index (χ0n) is 9.04. The van der Waals surface area contributed by atoms with Gasteiger partial charge in [-0.25, -0.2) is 0 Å². The molecule has 0 bridgehead atoms. The largest absolute Gasteiger partial charge is 0.300 e. The summed E-state index contributed by atoms with van der Waals surface area (Å²) in [6, 6.07) is 2.46. The Morgan fingerprint density at radius 1 is 1.57 bits per heavy atom. The van der Waals surface area contributed by atoms with Crippen LogP contribution in [0.15, 0.2) is 12.3 Å². The van der Waals surface area contributed by atoms with E-state index in [0.717, 1.165) is 18.8 Å². The average Bonchev–Trinajstić information content (AvgIpc) is 2.61. The van der Waals surface area contributed by atoms with Gasteiger partial charge in [-0.05, 0) is 26.8 Å². The van der Waals surface area contributed by atoms with Crippen LogP contribution in [-0.2, 0) is 6.54 Å². The van der Waals surface area contributed by atoms with Crippen LogP contribution in [0.25, 0.3) is 0 Å². The van der Waals surface area contributed by atoms with Crippen LogP contribution in [0.5, 0.6) is 0 Å². The molecule has 0 saturated carbocycles. The van der Waals surface area contributed by atoms with E-state index in [9.17, 15) is 0 Å². The van der Waals surface area contributed by atoms with Crippen molar-refractivity contribution in [2.24, 2.45) is 0 Å². The van der Waals surface area contributed by atoms with Gasteiger partial charge in [0.15, 0.2) is 0 Å². The number of aromatic nitrogens is 2. The highest BCUT2D eigenvalue weighted by molar-refractivity contribution is 5.01.